The molecule has 0 radical (unpaired) electrons. The van der Waals surface area contributed by atoms with Crippen LogP contribution in [-0.4, -0.2) is 53.7 Å². The molecule has 35 heavy (non-hydrogen) atoms. The molecule has 182 valence electrons. The van der Waals surface area contributed by atoms with E-state index in [0.717, 1.165) is 34.6 Å². The minimum absolute atomic E-state index is 0.159. The van der Waals surface area contributed by atoms with Gasteiger partial charge in [0.05, 0.1) is 41.1 Å². The Kier molecular flexibility index (Phi) is 5.87. The molecule has 10 nitrogen and oxygen atoms in total. The maximum Gasteiger partial charge on any atom is 0.367 e. The number of carbonyl (C=O) groups is 2. The molecule has 1 saturated carbocycles. The van der Waals surface area contributed by atoms with Crippen LogP contribution in [0.25, 0.3) is 16.1 Å². The maximum atomic E-state index is 12.5. The third-order valence-electron chi connectivity index (χ3n) is 5.36. The van der Waals surface area contributed by atoms with Crippen LogP contribution >= 0.6 is 11.3 Å². The highest BCUT2D eigenvalue weighted by Gasteiger charge is 2.26. The molecule has 1 aliphatic rings. The van der Waals surface area contributed by atoms with Crippen molar-refractivity contribution in [3.8, 4) is 10.6 Å². The second-order valence-electron chi connectivity index (χ2n) is 9.47. The topological polar surface area (TPSA) is 114 Å². The Balaban J connectivity index is 1.47. The van der Waals surface area contributed by atoms with Crippen molar-refractivity contribution in [2.24, 2.45) is 0 Å². The third kappa shape index (κ3) is 5.09. The smallest absolute Gasteiger partial charge is 0.367 e. The molecule has 0 unspecified atom stereocenters. The van der Waals surface area contributed by atoms with E-state index in [1.165, 1.54) is 16.9 Å². The normalized spacial score (nSPS) is 13.8. The van der Waals surface area contributed by atoms with E-state index in [1.807, 2.05) is 31.4 Å². The van der Waals surface area contributed by atoms with Crippen molar-refractivity contribution in [3.63, 3.8) is 0 Å². The lowest BCUT2D eigenvalue weighted by Crippen LogP contribution is -2.23. The number of nitrogens with zero attached hydrogens (tertiary/aromatic N) is 6. The molecule has 0 amide bonds. The summed E-state index contributed by atoms with van der Waals surface area (Å²) in [5.74, 6) is -0.401. The van der Waals surface area contributed by atoms with Crippen molar-refractivity contribution < 1.29 is 19.1 Å². The van der Waals surface area contributed by atoms with Gasteiger partial charge in [0.15, 0.2) is 5.69 Å². The lowest BCUT2D eigenvalue weighted by atomic mass is 10.1. The molecule has 1 aliphatic carbocycles. The van der Waals surface area contributed by atoms with Gasteiger partial charge in [0, 0.05) is 6.20 Å². The zero-order valence-corrected chi connectivity index (χ0v) is 20.8. The molecule has 1 fully saturated rings. The van der Waals surface area contributed by atoms with Crippen LogP contribution in [0.2, 0.25) is 0 Å². The summed E-state index contributed by atoms with van der Waals surface area (Å²) in [4.78, 5) is 29.5. The van der Waals surface area contributed by atoms with E-state index in [4.69, 9.17) is 14.6 Å². The minimum Gasteiger partial charge on any atom is -0.461 e. The lowest BCUT2D eigenvalue weighted by molar-refractivity contribution is 0.00689. The van der Waals surface area contributed by atoms with Crippen molar-refractivity contribution in [3.05, 3.63) is 52.6 Å². The van der Waals surface area contributed by atoms with E-state index in [9.17, 15) is 9.59 Å². The van der Waals surface area contributed by atoms with Crippen LogP contribution in [0.4, 0.5) is 0 Å². The van der Waals surface area contributed by atoms with Crippen LogP contribution in [0, 0.1) is 0 Å². The monoisotopic (exact) mass is 494 g/mol. The fourth-order valence-corrected chi connectivity index (χ4v) is 4.52. The SMILES string of the molecule is CCOC(=O)c1cn(Cc2cc3cc(C4CC4)cc(-c4cnc(C(=O)OC(C)(C)C)s4)n3n2)nn1. The fourth-order valence-electron chi connectivity index (χ4n) is 3.73. The van der Waals surface area contributed by atoms with Crippen molar-refractivity contribution in [2.45, 2.75) is 58.6 Å². The lowest BCUT2D eigenvalue weighted by Gasteiger charge is -2.18. The standard InChI is InChI=1S/C24H26N6O4S/c1-5-33-22(31)18-13-29(28-26-18)12-16-10-17-8-15(14-6-7-14)9-19(30(17)27-16)20-11-25-21(35-20)23(32)34-24(2,3)4/h8-11,13-14H,5-7,12H2,1-4H3. The van der Waals surface area contributed by atoms with E-state index in [-0.39, 0.29) is 12.3 Å². The predicted molar refractivity (Wildman–Crippen MR) is 129 cm³/mol. The Hall–Kier alpha value is -3.60. The summed E-state index contributed by atoms with van der Waals surface area (Å²) in [6.07, 6.45) is 5.57. The number of thiazole rings is 1. The van der Waals surface area contributed by atoms with Gasteiger partial charge in [-0.3, -0.25) is 0 Å². The van der Waals surface area contributed by atoms with E-state index >= 15 is 0 Å². The molecular formula is C24H26N6O4S. The second kappa shape index (κ2) is 8.88. The van der Waals surface area contributed by atoms with Gasteiger partial charge in [0.25, 0.3) is 0 Å². The molecule has 0 bridgehead atoms. The van der Waals surface area contributed by atoms with Gasteiger partial charge in [0.2, 0.25) is 5.01 Å². The minimum atomic E-state index is -0.590. The first-order valence-corrected chi connectivity index (χ1v) is 12.3. The predicted octanol–water partition coefficient (Wildman–Crippen LogP) is 4.11. The Bertz CT molecular complexity index is 1410. The number of aromatic nitrogens is 6. The molecule has 0 atom stereocenters. The summed E-state index contributed by atoms with van der Waals surface area (Å²) in [7, 11) is 0. The molecular weight excluding hydrogens is 468 g/mol. The van der Waals surface area contributed by atoms with E-state index < -0.39 is 17.5 Å². The summed E-state index contributed by atoms with van der Waals surface area (Å²) in [5, 5.41) is 13.0. The number of ether oxygens (including phenoxy) is 2. The van der Waals surface area contributed by atoms with Crippen LogP contribution in [0.5, 0.6) is 0 Å². The Morgan fingerprint density at radius 3 is 2.69 bits per heavy atom. The van der Waals surface area contributed by atoms with Crippen LogP contribution in [0.3, 0.4) is 0 Å². The maximum absolute atomic E-state index is 12.5. The van der Waals surface area contributed by atoms with Gasteiger partial charge in [-0.05, 0) is 70.2 Å². The highest BCUT2D eigenvalue weighted by molar-refractivity contribution is 7.16. The van der Waals surface area contributed by atoms with Crippen LogP contribution in [0.15, 0.2) is 30.6 Å². The summed E-state index contributed by atoms with van der Waals surface area (Å²) in [6, 6.07) is 6.28. The first kappa shape index (κ1) is 23.2. The summed E-state index contributed by atoms with van der Waals surface area (Å²) in [6.45, 7) is 7.86. The van der Waals surface area contributed by atoms with E-state index in [2.05, 4.69) is 27.4 Å². The highest BCUT2D eigenvalue weighted by Crippen LogP contribution is 2.42. The van der Waals surface area contributed by atoms with Gasteiger partial charge in [-0.15, -0.1) is 16.4 Å². The number of pyridine rings is 1. The Morgan fingerprint density at radius 1 is 1.17 bits per heavy atom. The van der Waals surface area contributed by atoms with Gasteiger partial charge in [-0.1, -0.05) is 5.21 Å². The fraction of sp³-hybridized carbons (Fsp3) is 0.417. The molecule has 0 aliphatic heterocycles. The van der Waals surface area contributed by atoms with Crippen LogP contribution < -0.4 is 0 Å². The quantitative estimate of drug-likeness (QED) is 0.353. The van der Waals surface area contributed by atoms with Gasteiger partial charge in [-0.25, -0.2) is 23.8 Å². The third-order valence-corrected chi connectivity index (χ3v) is 6.36. The molecule has 0 N–H and O–H groups in total. The molecule has 0 spiro atoms. The van der Waals surface area contributed by atoms with Gasteiger partial charge in [-0.2, -0.15) is 5.10 Å². The average molecular weight is 495 g/mol. The summed E-state index contributed by atoms with van der Waals surface area (Å²) >= 11 is 1.29. The molecule has 4 aromatic heterocycles. The molecule has 0 saturated heterocycles. The number of rotatable bonds is 7. The number of fused-ring (bicyclic) bond motifs is 1. The van der Waals surface area contributed by atoms with Crippen LogP contribution in [-0.2, 0) is 16.0 Å². The number of hydrogen-bond acceptors (Lipinski definition) is 9. The molecule has 4 heterocycles. The largest absolute Gasteiger partial charge is 0.461 e. The van der Waals surface area contributed by atoms with Crippen molar-refractivity contribution in [2.75, 3.05) is 6.61 Å². The van der Waals surface area contributed by atoms with Gasteiger partial charge in [0.1, 0.15) is 5.60 Å². The zero-order chi connectivity index (χ0) is 24.7. The van der Waals surface area contributed by atoms with Crippen LogP contribution in [0.1, 0.15) is 78.0 Å². The summed E-state index contributed by atoms with van der Waals surface area (Å²) < 4.78 is 13.9. The molecule has 0 aromatic carbocycles. The molecule has 4 aromatic rings. The summed E-state index contributed by atoms with van der Waals surface area (Å²) in [5.41, 5.74) is 3.39. The molecule has 5 rings (SSSR count). The van der Waals surface area contributed by atoms with Gasteiger partial charge >= 0.3 is 11.9 Å². The number of carbonyl (C=O) groups excluding carboxylic acids is 2. The van der Waals surface area contributed by atoms with E-state index in [1.54, 1.807) is 24.0 Å². The Morgan fingerprint density at radius 2 is 1.97 bits per heavy atom. The van der Waals surface area contributed by atoms with Crippen molar-refractivity contribution in [1.29, 1.82) is 0 Å². The van der Waals surface area contributed by atoms with Gasteiger partial charge < -0.3 is 9.47 Å². The average Bonchev–Trinajstić information content (AvgIpc) is 3.18. The second-order valence-corrected chi connectivity index (χ2v) is 10.5. The van der Waals surface area contributed by atoms with Crippen molar-refractivity contribution in [1.82, 2.24) is 29.6 Å². The van der Waals surface area contributed by atoms with Crippen molar-refractivity contribution >= 4 is 28.8 Å². The highest BCUT2D eigenvalue weighted by atomic mass is 32.1. The first-order valence-electron chi connectivity index (χ1n) is 11.5. The first-order chi connectivity index (χ1) is 16.7. The Labute approximate surface area is 205 Å². The number of hydrogen-bond donors (Lipinski definition) is 0. The van der Waals surface area contributed by atoms with E-state index in [0.29, 0.717) is 17.5 Å². The number of esters is 2. The zero-order valence-electron chi connectivity index (χ0n) is 20.0. The molecule has 11 heteroatoms.